The maximum Gasteiger partial charge on any atom is 0.306 e. The molecule has 0 aliphatic heterocycles. The van der Waals surface area contributed by atoms with Crippen molar-refractivity contribution in [3.63, 3.8) is 0 Å². The van der Waals surface area contributed by atoms with Crippen LogP contribution in [0.1, 0.15) is 310 Å². The van der Waals surface area contributed by atoms with Crippen LogP contribution in [0.2, 0.25) is 0 Å². The summed E-state index contributed by atoms with van der Waals surface area (Å²) in [6.45, 7) is 6.56. The minimum atomic E-state index is -0.777. The lowest BCUT2D eigenvalue weighted by Gasteiger charge is -2.18. The van der Waals surface area contributed by atoms with Gasteiger partial charge in [-0.1, -0.05) is 276 Å². The van der Waals surface area contributed by atoms with Gasteiger partial charge in [-0.25, -0.2) is 0 Å². The zero-order valence-electron chi connectivity index (χ0n) is 44.2. The summed E-state index contributed by atoms with van der Waals surface area (Å²) in [5.41, 5.74) is 0. The molecule has 0 aliphatic rings. The Labute approximate surface area is 410 Å². The summed E-state index contributed by atoms with van der Waals surface area (Å²) in [4.78, 5) is 38.1. The molecule has 0 amide bonds. The van der Waals surface area contributed by atoms with Crippen molar-refractivity contribution in [1.29, 1.82) is 0 Å². The molecule has 0 N–H and O–H groups in total. The van der Waals surface area contributed by atoms with Crippen molar-refractivity contribution in [3.05, 3.63) is 36.5 Å². The number of hydrogen-bond acceptors (Lipinski definition) is 6. The van der Waals surface area contributed by atoms with Crippen LogP contribution < -0.4 is 0 Å². The number of esters is 3. The molecule has 0 aromatic rings. The van der Waals surface area contributed by atoms with E-state index in [0.29, 0.717) is 19.3 Å². The Morgan fingerprint density at radius 1 is 0.318 bits per heavy atom. The van der Waals surface area contributed by atoms with Crippen LogP contribution >= 0.6 is 0 Å². The van der Waals surface area contributed by atoms with E-state index in [1.165, 1.54) is 180 Å². The first-order chi connectivity index (χ1) is 32.5. The third kappa shape index (κ3) is 52.6. The number of unbranched alkanes of at least 4 members (excludes halogenated alkanes) is 36. The van der Waals surface area contributed by atoms with E-state index in [1.54, 1.807) is 0 Å². The average Bonchev–Trinajstić information content (AvgIpc) is 3.31. The molecule has 0 aromatic heterocycles. The molecule has 0 aromatic carbocycles. The van der Waals surface area contributed by atoms with Gasteiger partial charge in [0.2, 0.25) is 0 Å². The van der Waals surface area contributed by atoms with E-state index in [4.69, 9.17) is 14.2 Å². The van der Waals surface area contributed by atoms with Crippen LogP contribution in [0.5, 0.6) is 0 Å². The lowest BCUT2D eigenvalue weighted by molar-refractivity contribution is -0.167. The number of ether oxygens (including phenoxy) is 3. The van der Waals surface area contributed by atoms with Gasteiger partial charge in [0.15, 0.2) is 6.10 Å². The quantitative estimate of drug-likeness (QED) is 0.0262. The van der Waals surface area contributed by atoms with Crippen molar-refractivity contribution >= 4 is 17.9 Å². The Bertz CT molecular complexity index is 1110. The minimum Gasteiger partial charge on any atom is -0.462 e. The Kier molecular flexibility index (Phi) is 53.2. The van der Waals surface area contributed by atoms with Gasteiger partial charge in [-0.15, -0.1) is 0 Å². The first-order valence-electron chi connectivity index (χ1n) is 29.0. The largest absolute Gasteiger partial charge is 0.462 e. The normalized spacial score (nSPS) is 12.2. The molecule has 66 heavy (non-hydrogen) atoms. The molecule has 6 heteroatoms. The van der Waals surface area contributed by atoms with Crippen LogP contribution in [0.25, 0.3) is 0 Å². The second-order valence-corrected chi connectivity index (χ2v) is 19.5. The summed E-state index contributed by atoms with van der Waals surface area (Å²) in [5.74, 6) is -0.878. The highest BCUT2D eigenvalue weighted by atomic mass is 16.6. The first kappa shape index (κ1) is 63.6. The van der Waals surface area contributed by atoms with E-state index in [2.05, 4.69) is 57.2 Å². The molecule has 0 rings (SSSR count). The average molecular weight is 928 g/mol. The Morgan fingerprint density at radius 3 is 0.924 bits per heavy atom. The van der Waals surface area contributed by atoms with Gasteiger partial charge in [0, 0.05) is 19.3 Å². The van der Waals surface area contributed by atoms with Crippen molar-refractivity contribution < 1.29 is 28.6 Å². The maximum atomic E-state index is 12.8. The second-order valence-electron chi connectivity index (χ2n) is 19.5. The maximum absolute atomic E-state index is 12.8. The second kappa shape index (κ2) is 55.2. The molecular formula is C60H110O6. The van der Waals surface area contributed by atoms with Crippen LogP contribution in [0.15, 0.2) is 36.5 Å². The lowest BCUT2D eigenvalue weighted by Crippen LogP contribution is -2.30. The molecule has 1 atom stereocenters. The summed E-state index contributed by atoms with van der Waals surface area (Å²) < 4.78 is 16.9. The zero-order chi connectivity index (χ0) is 47.9. The van der Waals surface area contributed by atoms with Crippen LogP contribution in [-0.4, -0.2) is 37.2 Å². The highest BCUT2D eigenvalue weighted by Gasteiger charge is 2.19. The van der Waals surface area contributed by atoms with E-state index < -0.39 is 6.10 Å². The van der Waals surface area contributed by atoms with Crippen LogP contribution in [0.4, 0.5) is 0 Å². The van der Waals surface area contributed by atoms with Crippen LogP contribution in [-0.2, 0) is 28.6 Å². The van der Waals surface area contributed by atoms with E-state index in [1.807, 2.05) is 0 Å². The standard InChI is InChI=1S/C60H110O6/c1-4-7-10-13-16-19-22-25-28-29-30-31-33-35-38-41-44-47-50-53-59(62)65-56-57(55-64-58(61)52-49-46-43-40-37-34-27-24-21-18-15-12-9-6-3)66-60(63)54-51-48-45-42-39-36-32-26-23-20-17-14-11-8-5-2/h9,12,18,21,27,34,57H,4-8,10-11,13-17,19-20,22-26,28-33,35-56H2,1-3H3/b12-9-,21-18-,34-27-. The molecule has 0 fully saturated rings. The monoisotopic (exact) mass is 927 g/mol. The van der Waals surface area contributed by atoms with Gasteiger partial charge in [0.25, 0.3) is 0 Å². The first-order valence-corrected chi connectivity index (χ1v) is 29.0. The fourth-order valence-electron chi connectivity index (χ4n) is 8.58. The third-order valence-corrected chi connectivity index (χ3v) is 12.9. The Morgan fingerprint density at radius 2 is 0.591 bits per heavy atom. The number of carbonyl (C=O) groups is 3. The highest BCUT2D eigenvalue weighted by molar-refractivity contribution is 5.71. The third-order valence-electron chi connectivity index (χ3n) is 12.9. The van der Waals surface area contributed by atoms with Gasteiger partial charge in [0.1, 0.15) is 13.2 Å². The van der Waals surface area contributed by atoms with E-state index >= 15 is 0 Å². The highest BCUT2D eigenvalue weighted by Crippen LogP contribution is 2.17. The Balaban J connectivity index is 4.32. The molecule has 0 spiro atoms. The molecule has 6 nitrogen and oxygen atoms in total. The van der Waals surface area contributed by atoms with Crippen molar-refractivity contribution in [2.24, 2.45) is 0 Å². The van der Waals surface area contributed by atoms with Gasteiger partial charge < -0.3 is 14.2 Å². The van der Waals surface area contributed by atoms with Gasteiger partial charge >= 0.3 is 17.9 Å². The molecule has 386 valence electrons. The van der Waals surface area contributed by atoms with Gasteiger partial charge in [-0.2, -0.15) is 0 Å². The predicted octanol–water partition coefficient (Wildman–Crippen LogP) is 19.3. The summed E-state index contributed by atoms with van der Waals surface area (Å²) in [7, 11) is 0. The number of hydrogen-bond donors (Lipinski definition) is 0. The summed E-state index contributed by atoms with van der Waals surface area (Å²) >= 11 is 0. The van der Waals surface area contributed by atoms with E-state index in [0.717, 1.165) is 89.9 Å². The fraction of sp³-hybridized carbons (Fsp3) is 0.850. The van der Waals surface area contributed by atoms with Crippen molar-refractivity contribution in [3.8, 4) is 0 Å². The molecule has 0 bridgehead atoms. The molecule has 0 heterocycles. The molecule has 0 saturated carbocycles. The van der Waals surface area contributed by atoms with Gasteiger partial charge in [0.05, 0.1) is 0 Å². The number of allylic oxidation sites excluding steroid dienone is 6. The molecule has 1 unspecified atom stereocenters. The molecule has 0 saturated heterocycles. The number of carbonyl (C=O) groups excluding carboxylic acids is 3. The van der Waals surface area contributed by atoms with Crippen molar-refractivity contribution in [2.75, 3.05) is 13.2 Å². The summed E-state index contributed by atoms with van der Waals surface area (Å²) in [6.07, 6.45) is 65.7. The van der Waals surface area contributed by atoms with E-state index in [9.17, 15) is 14.4 Å². The van der Waals surface area contributed by atoms with Crippen molar-refractivity contribution in [1.82, 2.24) is 0 Å². The predicted molar refractivity (Wildman–Crippen MR) is 284 cm³/mol. The molecule has 0 radical (unpaired) electrons. The zero-order valence-corrected chi connectivity index (χ0v) is 44.2. The van der Waals surface area contributed by atoms with E-state index in [-0.39, 0.29) is 31.1 Å². The van der Waals surface area contributed by atoms with Crippen molar-refractivity contribution in [2.45, 2.75) is 316 Å². The van der Waals surface area contributed by atoms with Crippen LogP contribution in [0.3, 0.4) is 0 Å². The van der Waals surface area contributed by atoms with Crippen LogP contribution in [0, 0.1) is 0 Å². The molecular weight excluding hydrogens is 817 g/mol. The summed E-state index contributed by atoms with van der Waals surface area (Å²) in [6, 6.07) is 0. The molecule has 0 aliphatic carbocycles. The topological polar surface area (TPSA) is 78.9 Å². The summed E-state index contributed by atoms with van der Waals surface area (Å²) in [5, 5.41) is 0. The minimum absolute atomic E-state index is 0.0744. The van der Waals surface area contributed by atoms with Gasteiger partial charge in [-0.05, 0) is 51.4 Å². The SMILES string of the molecule is CC/C=C\C/C=C\C/C=C\CCCCCCC(=O)OCC(COC(=O)CCCCCCCCCCCCCCCCCCCCC)OC(=O)CCCCCCCCCCCCCCCCC. The smallest absolute Gasteiger partial charge is 0.306 e. The van der Waals surface area contributed by atoms with Gasteiger partial charge in [-0.3, -0.25) is 14.4 Å². The number of rotatable bonds is 53. The fourth-order valence-corrected chi connectivity index (χ4v) is 8.58. The Hall–Kier alpha value is -2.37. The lowest BCUT2D eigenvalue weighted by atomic mass is 10.0.